The molecule has 1 atom stereocenters. The van der Waals surface area contributed by atoms with E-state index in [1.807, 2.05) is 6.07 Å². The van der Waals surface area contributed by atoms with Crippen LogP contribution in [0.25, 0.3) is 22.4 Å². The third-order valence-corrected chi connectivity index (χ3v) is 4.66. The molecule has 3 aromatic rings. The monoisotopic (exact) mass is 294 g/mol. The summed E-state index contributed by atoms with van der Waals surface area (Å²) in [7, 11) is 0. The molecule has 2 nitrogen and oxygen atoms in total. The molecule has 0 aliphatic rings. The normalized spacial score (nSPS) is 12.3. The van der Waals surface area contributed by atoms with E-state index in [2.05, 4.69) is 60.8 Å². The SMILES string of the molecule is CC(CN)c1nc(-c2ccc(-c3ccccc3)cc2)cs1. The van der Waals surface area contributed by atoms with Gasteiger partial charge in [0.25, 0.3) is 0 Å². The summed E-state index contributed by atoms with van der Waals surface area (Å²) in [5.41, 5.74) is 10.4. The fourth-order valence-electron chi connectivity index (χ4n) is 2.21. The summed E-state index contributed by atoms with van der Waals surface area (Å²) in [5.74, 6) is 0.326. The molecule has 3 rings (SSSR count). The Bertz CT molecular complexity index is 702. The molecule has 0 amide bonds. The van der Waals surface area contributed by atoms with Gasteiger partial charge < -0.3 is 5.73 Å². The first-order valence-corrected chi connectivity index (χ1v) is 7.97. The zero-order valence-electron chi connectivity index (χ0n) is 12.0. The van der Waals surface area contributed by atoms with Crippen molar-refractivity contribution in [2.75, 3.05) is 6.54 Å². The molecule has 2 aromatic carbocycles. The molecule has 0 saturated heterocycles. The van der Waals surface area contributed by atoms with Crippen LogP contribution < -0.4 is 5.73 Å². The smallest absolute Gasteiger partial charge is 0.0973 e. The third kappa shape index (κ3) is 3.04. The summed E-state index contributed by atoms with van der Waals surface area (Å²) >= 11 is 1.69. The largest absolute Gasteiger partial charge is 0.330 e. The predicted octanol–water partition coefficient (Wildman–Crippen LogP) is 4.54. The second-order valence-corrected chi connectivity index (χ2v) is 6.04. The van der Waals surface area contributed by atoms with E-state index in [9.17, 15) is 0 Å². The number of nitrogens with two attached hydrogens (primary N) is 1. The third-order valence-electron chi connectivity index (χ3n) is 3.58. The number of benzene rings is 2. The second-order valence-electron chi connectivity index (χ2n) is 5.15. The van der Waals surface area contributed by atoms with E-state index in [1.54, 1.807) is 11.3 Å². The molecule has 0 saturated carbocycles. The first kappa shape index (κ1) is 14.0. The van der Waals surface area contributed by atoms with Gasteiger partial charge in [-0.15, -0.1) is 11.3 Å². The van der Waals surface area contributed by atoms with Crippen LogP contribution in [0, 0.1) is 0 Å². The number of rotatable bonds is 4. The Morgan fingerprint density at radius 3 is 2.24 bits per heavy atom. The Balaban J connectivity index is 1.86. The molecule has 2 N–H and O–H groups in total. The molecule has 0 spiro atoms. The van der Waals surface area contributed by atoms with Crippen LogP contribution in [0.2, 0.25) is 0 Å². The fourth-order valence-corrected chi connectivity index (χ4v) is 3.11. The molecule has 0 aliphatic heterocycles. The predicted molar refractivity (Wildman–Crippen MR) is 90.5 cm³/mol. The van der Waals surface area contributed by atoms with E-state index in [-0.39, 0.29) is 0 Å². The van der Waals surface area contributed by atoms with E-state index < -0.39 is 0 Å². The molecule has 0 radical (unpaired) electrons. The van der Waals surface area contributed by atoms with Crippen molar-refractivity contribution < 1.29 is 0 Å². The summed E-state index contributed by atoms with van der Waals surface area (Å²) in [6.45, 7) is 2.75. The van der Waals surface area contributed by atoms with Crippen LogP contribution in [0.4, 0.5) is 0 Å². The molecule has 1 aromatic heterocycles. The molecule has 3 heteroatoms. The highest BCUT2D eigenvalue weighted by Gasteiger charge is 2.10. The van der Waals surface area contributed by atoms with Crippen LogP contribution in [0.1, 0.15) is 17.8 Å². The minimum Gasteiger partial charge on any atom is -0.330 e. The first-order valence-electron chi connectivity index (χ1n) is 7.09. The molecule has 106 valence electrons. The Labute approximate surface area is 129 Å². The second kappa shape index (κ2) is 6.20. The summed E-state index contributed by atoms with van der Waals surface area (Å²) in [5, 5.41) is 3.22. The highest BCUT2D eigenvalue weighted by Crippen LogP contribution is 2.28. The van der Waals surface area contributed by atoms with Crippen molar-refractivity contribution >= 4 is 11.3 Å². The van der Waals surface area contributed by atoms with Gasteiger partial charge in [0.15, 0.2) is 0 Å². The quantitative estimate of drug-likeness (QED) is 0.767. The van der Waals surface area contributed by atoms with Crippen LogP contribution in [0.3, 0.4) is 0 Å². The zero-order chi connectivity index (χ0) is 14.7. The van der Waals surface area contributed by atoms with Crippen LogP contribution in [0.5, 0.6) is 0 Å². The molecular formula is C18H18N2S. The number of thiazole rings is 1. The van der Waals surface area contributed by atoms with Crippen LogP contribution >= 0.6 is 11.3 Å². The van der Waals surface area contributed by atoms with Gasteiger partial charge in [-0.25, -0.2) is 4.98 Å². The average molecular weight is 294 g/mol. The topological polar surface area (TPSA) is 38.9 Å². The summed E-state index contributed by atoms with van der Waals surface area (Å²) < 4.78 is 0. The highest BCUT2D eigenvalue weighted by atomic mass is 32.1. The maximum atomic E-state index is 5.70. The minimum atomic E-state index is 0.326. The van der Waals surface area contributed by atoms with Crippen molar-refractivity contribution in [2.24, 2.45) is 5.73 Å². The summed E-state index contributed by atoms with van der Waals surface area (Å²) in [6, 6.07) is 19.0. The molecule has 1 unspecified atom stereocenters. The van der Waals surface area contributed by atoms with E-state index in [0.717, 1.165) is 16.3 Å². The van der Waals surface area contributed by atoms with Crippen molar-refractivity contribution in [3.63, 3.8) is 0 Å². The number of hydrogen-bond donors (Lipinski definition) is 1. The van der Waals surface area contributed by atoms with Crippen molar-refractivity contribution in [1.29, 1.82) is 0 Å². The van der Waals surface area contributed by atoms with Crippen molar-refractivity contribution in [3.8, 4) is 22.4 Å². The lowest BCUT2D eigenvalue weighted by atomic mass is 10.0. The molecular weight excluding hydrogens is 276 g/mol. The fraction of sp³-hybridized carbons (Fsp3) is 0.167. The molecule has 0 fully saturated rings. The molecule has 0 bridgehead atoms. The lowest BCUT2D eigenvalue weighted by Gasteiger charge is -2.04. The van der Waals surface area contributed by atoms with E-state index >= 15 is 0 Å². The lowest BCUT2D eigenvalue weighted by molar-refractivity contribution is 0.766. The van der Waals surface area contributed by atoms with Crippen LogP contribution in [-0.2, 0) is 0 Å². The number of aromatic nitrogens is 1. The zero-order valence-corrected chi connectivity index (χ0v) is 12.8. The maximum absolute atomic E-state index is 5.70. The van der Waals surface area contributed by atoms with Gasteiger partial charge in [-0.1, -0.05) is 61.5 Å². The lowest BCUT2D eigenvalue weighted by Crippen LogP contribution is -2.08. The van der Waals surface area contributed by atoms with Crippen LogP contribution in [-0.4, -0.2) is 11.5 Å². The van der Waals surface area contributed by atoms with Crippen LogP contribution in [0.15, 0.2) is 60.0 Å². The van der Waals surface area contributed by atoms with E-state index in [1.165, 1.54) is 11.1 Å². The molecule has 1 heterocycles. The van der Waals surface area contributed by atoms with Gasteiger partial charge in [-0.3, -0.25) is 0 Å². The number of nitrogens with zero attached hydrogens (tertiary/aromatic N) is 1. The van der Waals surface area contributed by atoms with Gasteiger partial charge in [-0.2, -0.15) is 0 Å². The van der Waals surface area contributed by atoms with Gasteiger partial charge in [0.2, 0.25) is 0 Å². The maximum Gasteiger partial charge on any atom is 0.0973 e. The Morgan fingerprint density at radius 1 is 0.952 bits per heavy atom. The molecule has 21 heavy (non-hydrogen) atoms. The van der Waals surface area contributed by atoms with Gasteiger partial charge in [-0.05, 0) is 11.1 Å². The summed E-state index contributed by atoms with van der Waals surface area (Å²) in [4.78, 5) is 4.69. The van der Waals surface area contributed by atoms with Crippen molar-refractivity contribution in [1.82, 2.24) is 4.98 Å². The van der Waals surface area contributed by atoms with E-state index in [4.69, 9.17) is 10.7 Å². The van der Waals surface area contributed by atoms with Gasteiger partial charge in [0, 0.05) is 23.4 Å². The Hall–Kier alpha value is -1.97. The Kier molecular flexibility index (Phi) is 4.13. The minimum absolute atomic E-state index is 0.326. The Morgan fingerprint density at radius 2 is 1.57 bits per heavy atom. The number of hydrogen-bond acceptors (Lipinski definition) is 3. The standard InChI is InChI=1S/C18H18N2S/c1-13(11-19)18-20-17(12-21-18)16-9-7-15(8-10-16)14-5-3-2-4-6-14/h2-10,12-13H,11,19H2,1H3. The summed E-state index contributed by atoms with van der Waals surface area (Å²) in [6.07, 6.45) is 0. The average Bonchev–Trinajstić information content (AvgIpc) is 3.05. The van der Waals surface area contributed by atoms with Crippen molar-refractivity contribution in [3.05, 3.63) is 65.0 Å². The van der Waals surface area contributed by atoms with Crippen molar-refractivity contribution in [2.45, 2.75) is 12.8 Å². The van der Waals surface area contributed by atoms with E-state index in [0.29, 0.717) is 12.5 Å². The highest BCUT2D eigenvalue weighted by molar-refractivity contribution is 7.10. The first-order chi connectivity index (χ1) is 10.3. The molecule has 0 aliphatic carbocycles. The van der Waals surface area contributed by atoms with Gasteiger partial charge >= 0.3 is 0 Å². The van der Waals surface area contributed by atoms with Gasteiger partial charge in [0.1, 0.15) is 0 Å². The van der Waals surface area contributed by atoms with Gasteiger partial charge in [0.05, 0.1) is 10.7 Å².